The van der Waals surface area contributed by atoms with Gasteiger partial charge in [-0.2, -0.15) is 9.41 Å². The number of hydrogen-bond donors (Lipinski definition) is 2. The molecule has 2 amide bonds. The Balaban J connectivity index is 1.36. The van der Waals surface area contributed by atoms with Crippen molar-refractivity contribution in [3.05, 3.63) is 125 Å². The highest BCUT2D eigenvalue weighted by Gasteiger charge is 2.26. The topological polar surface area (TPSA) is 121 Å². The third-order valence-corrected chi connectivity index (χ3v) is 7.83. The summed E-state index contributed by atoms with van der Waals surface area (Å²) in [7, 11) is -3.89. The van der Waals surface area contributed by atoms with Gasteiger partial charge in [-0.3, -0.25) is 9.59 Å². The number of carbonyl (C=O) groups excluding carboxylic acids is 2. The van der Waals surface area contributed by atoms with Crippen molar-refractivity contribution in [3.63, 3.8) is 0 Å². The number of sulfonamides is 1. The lowest BCUT2D eigenvalue weighted by molar-refractivity contribution is -0.139. The van der Waals surface area contributed by atoms with Gasteiger partial charge in [0, 0.05) is 18.1 Å². The van der Waals surface area contributed by atoms with E-state index in [9.17, 15) is 18.0 Å². The van der Waals surface area contributed by atoms with Gasteiger partial charge in [0.05, 0.1) is 17.7 Å². The molecule has 2 N–H and O–H groups in total. The van der Waals surface area contributed by atoms with E-state index in [-0.39, 0.29) is 23.7 Å². The molecule has 0 radical (unpaired) electrons. The van der Waals surface area contributed by atoms with Gasteiger partial charge in [-0.05, 0) is 53.9 Å². The number of amides is 2. The van der Waals surface area contributed by atoms with E-state index in [1.807, 2.05) is 60.7 Å². The van der Waals surface area contributed by atoms with Crippen LogP contribution in [0.3, 0.4) is 0 Å². The molecule has 4 aromatic rings. The number of hydrogen-bond acceptors (Lipinski definition) is 6. The molecule has 1 aromatic heterocycles. The van der Waals surface area contributed by atoms with E-state index in [0.717, 1.165) is 11.1 Å². The minimum absolute atomic E-state index is 0.0517. The van der Waals surface area contributed by atoms with Gasteiger partial charge in [0.2, 0.25) is 10.0 Å². The van der Waals surface area contributed by atoms with Crippen LogP contribution in [0.5, 0.6) is 0 Å². The molecule has 0 bridgehead atoms. The Hall–Kier alpha value is -4.25. The molecule has 0 saturated heterocycles. The Bertz CT molecular complexity index is 1560. The highest BCUT2D eigenvalue weighted by atomic mass is 35.5. The summed E-state index contributed by atoms with van der Waals surface area (Å²) in [6, 6.07) is 27.9. The molecular formula is C29H27ClN4O5S. The van der Waals surface area contributed by atoms with Crippen molar-refractivity contribution in [2.24, 2.45) is 5.10 Å². The van der Waals surface area contributed by atoms with E-state index in [4.69, 9.17) is 16.0 Å². The van der Waals surface area contributed by atoms with Crippen LogP contribution in [-0.4, -0.2) is 37.3 Å². The summed E-state index contributed by atoms with van der Waals surface area (Å²) < 4.78 is 33.9. The number of carbonyl (C=O) groups is 2. The number of rotatable bonds is 11. The van der Waals surface area contributed by atoms with E-state index in [2.05, 4.69) is 15.8 Å². The monoisotopic (exact) mass is 578 g/mol. The Morgan fingerprint density at radius 3 is 2.15 bits per heavy atom. The normalized spacial score (nSPS) is 11.6. The zero-order valence-corrected chi connectivity index (χ0v) is 22.9. The smallest absolute Gasteiger partial charge is 0.329 e. The molecule has 0 atom stereocenters. The summed E-state index contributed by atoms with van der Waals surface area (Å²) in [6.45, 7) is 0.370. The van der Waals surface area contributed by atoms with Gasteiger partial charge in [0.1, 0.15) is 11.5 Å². The predicted octanol–water partition coefficient (Wildman–Crippen LogP) is 4.13. The molecule has 11 heteroatoms. The maximum absolute atomic E-state index is 13.5. The molecule has 1 heterocycles. The molecule has 0 fully saturated rings. The lowest BCUT2D eigenvalue weighted by atomic mass is 10.1. The molecule has 0 aliphatic carbocycles. The Morgan fingerprint density at radius 2 is 1.48 bits per heavy atom. The number of benzene rings is 3. The van der Waals surface area contributed by atoms with Crippen LogP contribution in [0.4, 0.5) is 0 Å². The van der Waals surface area contributed by atoms with Crippen LogP contribution < -0.4 is 10.7 Å². The molecule has 0 spiro atoms. The summed E-state index contributed by atoms with van der Waals surface area (Å²) in [4.78, 5) is 24.1. The van der Waals surface area contributed by atoms with Crippen molar-refractivity contribution < 1.29 is 22.4 Å². The number of nitrogens with zero attached hydrogens (tertiary/aromatic N) is 2. The first-order chi connectivity index (χ1) is 19.3. The fourth-order valence-electron chi connectivity index (χ4n) is 3.74. The van der Waals surface area contributed by atoms with Crippen LogP contribution in [0.15, 0.2) is 111 Å². The van der Waals surface area contributed by atoms with Crippen molar-refractivity contribution in [2.75, 3.05) is 6.54 Å². The summed E-state index contributed by atoms with van der Waals surface area (Å²) >= 11 is 5.94. The first kappa shape index (κ1) is 28.8. The second kappa shape index (κ2) is 13.7. The highest BCUT2D eigenvalue weighted by Crippen LogP contribution is 2.23. The van der Waals surface area contributed by atoms with Gasteiger partial charge in [-0.25, -0.2) is 13.8 Å². The maximum Gasteiger partial charge on any atom is 0.329 e. The van der Waals surface area contributed by atoms with Crippen molar-refractivity contribution in [1.29, 1.82) is 0 Å². The standard InChI is InChI=1S/C29H27ClN4O5S/c30-24-11-15-27(16-12-24)40(37,38)34(20-23-9-5-2-6-10-23)21-26-14-13-25(39-26)19-32-33-29(36)28(35)31-18-17-22-7-3-1-4-8-22/h1-16,19H,17-18,20-21H2,(H,31,35)(H,33,36)/b32-19+. The van der Waals surface area contributed by atoms with Crippen LogP contribution in [-0.2, 0) is 39.1 Å². The summed E-state index contributed by atoms with van der Waals surface area (Å²) in [6.07, 6.45) is 1.82. The van der Waals surface area contributed by atoms with Crippen LogP contribution >= 0.6 is 11.6 Å². The lowest BCUT2D eigenvalue weighted by Crippen LogP contribution is -2.38. The maximum atomic E-state index is 13.5. The third kappa shape index (κ3) is 8.12. The van der Waals surface area contributed by atoms with E-state index in [0.29, 0.717) is 23.7 Å². The number of furan rings is 1. The van der Waals surface area contributed by atoms with Crippen LogP contribution in [0.2, 0.25) is 5.02 Å². The van der Waals surface area contributed by atoms with Crippen molar-refractivity contribution in [2.45, 2.75) is 24.4 Å². The fraction of sp³-hybridized carbons (Fsp3) is 0.138. The average Bonchev–Trinajstić information content (AvgIpc) is 3.41. The van der Waals surface area contributed by atoms with Crippen molar-refractivity contribution in [1.82, 2.24) is 15.0 Å². The van der Waals surface area contributed by atoms with Gasteiger partial charge in [-0.15, -0.1) is 0 Å². The number of halogens is 1. The van der Waals surface area contributed by atoms with Gasteiger partial charge in [0.25, 0.3) is 0 Å². The molecule has 4 rings (SSSR count). The first-order valence-corrected chi connectivity index (χ1v) is 14.2. The number of nitrogens with one attached hydrogen (secondary N) is 2. The molecule has 206 valence electrons. The Kier molecular flexibility index (Phi) is 9.85. The average molecular weight is 579 g/mol. The van der Waals surface area contributed by atoms with Gasteiger partial charge < -0.3 is 9.73 Å². The first-order valence-electron chi connectivity index (χ1n) is 12.3. The molecule has 3 aromatic carbocycles. The molecule has 0 saturated carbocycles. The van der Waals surface area contributed by atoms with Crippen LogP contribution in [0.25, 0.3) is 0 Å². The largest absolute Gasteiger partial charge is 0.459 e. The van der Waals surface area contributed by atoms with Gasteiger partial charge >= 0.3 is 11.8 Å². The lowest BCUT2D eigenvalue weighted by Gasteiger charge is -2.21. The second-order valence-corrected chi connectivity index (χ2v) is 11.1. The van der Waals surface area contributed by atoms with E-state index < -0.39 is 21.8 Å². The summed E-state index contributed by atoms with van der Waals surface area (Å²) in [5.74, 6) is -1.10. The quantitative estimate of drug-likeness (QED) is 0.157. The minimum atomic E-state index is -3.89. The van der Waals surface area contributed by atoms with Crippen molar-refractivity contribution >= 4 is 39.7 Å². The molecule has 9 nitrogen and oxygen atoms in total. The van der Waals surface area contributed by atoms with Gasteiger partial charge in [-0.1, -0.05) is 72.3 Å². The predicted molar refractivity (Wildman–Crippen MR) is 152 cm³/mol. The third-order valence-electron chi connectivity index (χ3n) is 5.77. The van der Waals surface area contributed by atoms with Crippen LogP contribution in [0, 0.1) is 0 Å². The Morgan fingerprint density at radius 1 is 0.825 bits per heavy atom. The highest BCUT2D eigenvalue weighted by molar-refractivity contribution is 7.89. The van der Waals surface area contributed by atoms with E-state index in [1.165, 1.54) is 34.8 Å². The van der Waals surface area contributed by atoms with E-state index in [1.54, 1.807) is 12.1 Å². The summed E-state index contributed by atoms with van der Waals surface area (Å²) in [5, 5.41) is 6.74. The zero-order valence-electron chi connectivity index (χ0n) is 21.4. The SMILES string of the molecule is O=C(NCCc1ccccc1)C(=O)N/N=C/c1ccc(CN(Cc2ccccc2)S(=O)(=O)c2ccc(Cl)cc2)o1. The van der Waals surface area contributed by atoms with Gasteiger partial charge in [0.15, 0.2) is 0 Å². The van der Waals surface area contributed by atoms with Crippen molar-refractivity contribution in [3.8, 4) is 0 Å². The fourth-order valence-corrected chi connectivity index (χ4v) is 5.26. The minimum Gasteiger partial charge on any atom is -0.459 e. The zero-order chi connectivity index (χ0) is 28.4. The molecule has 40 heavy (non-hydrogen) atoms. The van der Waals surface area contributed by atoms with E-state index >= 15 is 0 Å². The molecular weight excluding hydrogens is 552 g/mol. The summed E-state index contributed by atoms with van der Waals surface area (Å²) in [5.41, 5.74) is 4.00. The molecule has 0 aliphatic heterocycles. The molecule has 0 aliphatic rings. The second-order valence-electron chi connectivity index (χ2n) is 8.71. The molecule has 0 unspecified atom stereocenters. The van der Waals surface area contributed by atoms with Crippen LogP contribution in [0.1, 0.15) is 22.6 Å². The number of hydrazone groups is 1. The Labute approximate surface area is 237 Å².